The van der Waals surface area contributed by atoms with E-state index in [4.69, 9.17) is 0 Å². The lowest BCUT2D eigenvalue weighted by molar-refractivity contribution is 0.137. The molecule has 0 spiro atoms. The van der Waals surface area contributed by atoms with E-state index in [0.29, 0.717) is 0 Å². The molecule has 0 saturated heterocycles. The molecule has 0 heterocycles. The van der Waals surface area contributed by atoms with Gasteiger partial charge in [-0.05, 0) is 23.7 Å². The molecule has 74 valence electrons. The summed E-state index contributed by atoms with van der Waals surface area (Å²) in [6.07, 6.45) is 2.90. The van der Waals surface area contributed by atoms with E-state index in [0.717, 1.165) is 23.7 Å². The van der Waals surface area contributed by atoms with Crippen molar-refractivity contribution in [1.29, 1.82) is 0 Å². The number of hydrogen-bond donors (Lipinski definition) is 0. The maximum Gasteiger partial charge on any atom is -0.0389 e. The Hall–Kier alpha value is 0. The highest BCUT2D eigenvalue weighted by molar-refractivity contribution is 4.78. The van der Waals surface area contributed by atoms with Crippen LogP contribution in [0.5, 0.6) is 0 Å². The molecule has 0 aromatic rings. The molecule has 0 heteroatoms. The molecule has 0 aromatic carbocycles. The summed E-state index contributed by atoms with van der Waals surface area (Å²) in [5.41, 5.74) is 0. The van der Waals surface area contributed by atoms with Crippen molar-refractivity contribution in [2.24, 2.45) is 23.7 Å². The fourth-order valence-electron chi connectivity index (χ4n) is 2.09. The van der Waals surface area contributed by atoms with Crippen LogP contribution in [0.1, 0.15) is 54.4 Å². The second kappa shape index (κ2) is 5.61. The Morgan fingerprint density at radius 1 is 0.667 bits per heavy atom. The quantitative estimate of drug-likeness (QED) is 0.507. The molecule has 4 atom stereocenters. The van der Waals surface area contributed by atoms with Crippen LogP contribution in [0.4, 0.5) is 0 Å². The summed E-state index contributed by atoms with van der Waals surface area (Å²) >= 11 is 0. The van der Waals surface area contributed by atoms with Gasteiger partial charge in [-0.15, -0.1) is 0 Å². The fourth-order valence-corrected chi connectivity index (χ4v) is 2.09. The van der Waals surface area contributed by atoms with Gasteiger partial charge in [-0.2, -0.15) is 0 Å². The molecule has 12 heavy (non-hydrogen) atoms. The molecule has 1 aliphatic carbocycles. The van der Waals surface area contributed by atoms with E-state index in [1.165, 1.54) is 12.8 Å². The normalized spacial score (nSPS) is 41.5. The van der Waals surface area contributed by atoms with Crippen LogP contribution in [0.25, 0.3) is 0 Å². The van der Waals surface area contributed by atoms with Gasteiger partial charge >= 0.3 is 0 Å². The van der Waals surface area contributed by atoms with Gasteiger partial charge in [0.2, 0.25) is 0 Å². The largest absolute Gasteiger partial charge is 0.0683 e. The van der Waals surface area contributed by atoms with E-state index in [1.807, 2.05) is 13.8 Å². The summed E-state index contributed by atoms with van der Waals surface area (Å²) in [6, 6.07) is 0. The van der Waals surface area contributed by atoms with E-state index >= 15 is 0 Å². The second-order valence-corrected chi connectivity index (χ2v) is 4.25. The minimum atomic E-state index is 0.948. The molecule has 1 rings (SSSR count). The second-order valence-electron chi connectivity index (χ2n) is 4.25. The van der Waals surface area contributed by atoms with Gasteiger partial charge in [0.25, 0.3) is 0 Å². The molecule has 0 aromatic heterocycles. The Morgan fingerprint density at radius 2 is 0.917 bits per heavy atom. The summed E-state index contributed by atoms with van der Waals surface area (Å²) < 4.78 is 0. The summed E-state index contributed by atoms with van der Waals surface area (Å²) in [5, 5.41) is 0. The van der Waals surface area contributed by atoms with Gasteiger partial charge in [0.1, 0.15) is 0 Å². The zero-order valence-electron chi connectivity index (χ0n) is 9.72. The van der Waals surface area contributed by atoms with Crippen LogP contribution in [0.3, 0.4) is 0 Å². The maximum absolute atomic E-state index is 2.41. The molecule has 0 bridgehead atoms. The average Bonchev–Trinajstić information content (AvgIpc) is 2.12. The highest BCUT2D eigenvalue weighted by Crippen LogP contribution is 2.37. The lowest BCUT2D eigenvalue weighted by Gasteiger charge is -2.36. The molecular formula is C12H26. The molecule has 0 nitrogen and oxygen atoms in total. The third-order valence-corrected chi connectivity index (χ3v) is 3.70. The first-order chi connectivity index (χ1) is 5.63. The predicted octanol–water partition coefficient (Wildman–Crippen LogP) is 4.35. The van der Waals surface area contributed by atoms with Gasteiger partial charge in [0.15, 0.2) is 0 Å². The first-order valence-electron chi connectivity index (χ1n) is 5.63. The smallest absolute Gasteiger partial charge is 0.0389 e. The fraction of sp³-hybridized carbons (Fsp3) is 1.00. The zero-order chi connectivity index (χ0) is 9.72. The zero-order valence-corrected chi connectivity index (χ0v) is 9.72. The van der Waals surface area contributed by atoms with Crippen molar-refractivity contribution in [3.63, 3.8) is 0 Å². The van der Waals surface area contributed by atoms with Crippen molar-refractivity contribution < 1.29 is 0 Å². The van der Waals surface area contributed by atoms with E-state index in [9.17, 15) is 0 Å². The van der Waals surface area contributed by atoms with Gasteiger partial charge in [0.05, 0.1) is 0 Å². The maximum atomic E-state index is 2.41. The summed E-state index contributed by atoms with van der Waals surface area (Å²) in [4.78, 5) is 0. The number of rotatable bonds is 0. The number of hydrogen-bond acceptors (Lipinski definition) is 0. The van der Waals surface area contributed by atoms with Crippen molar-refractivity contribution in [2.75, 3.05) is 0 Å². The lowest BCUT2D eigenvalue weighted by atomic mass is 9.69. The van der Waals surface area contributed by atoms with Crippen LogP contribution in [0.2, 0.25) is 0 Å². The van der Waals surface area contributed by atoms with Crippen LogP contribution in [0.15, 0.2) is 0 Å². The molecule has 4 unspecified atom stereocenters. The molecule has 1 fully saturated rings. The van der Waals surface area contributed by atoms with Gasteiger partial charge in [-0.1, -0.05) is 54.4 Å². The monoisotopic (exact) mass is 170 g/mol. The predicted molar refractivity (Wildman–Crippen MR) is 57.2 cm³/mol. The van der Waals surface area contributed by atoms with Gasteiger partial charge in [0, 0.05) is 0 Å². The van der Waals surface area contributed by atoms with Crippen LogP contribution in [0, 0.1) is 23.7 Å². The third kappa shape index (κ3) is 2.80. The summed E-state index contributed by atoms with van der Waals surface area (Å²) in [5.74, 6) is 3.82. The highest BCUT2D eigenvalue weighted by Gasteiger charge is 2.28. The summed E-state index contributed by atoms with van der Waals surface area (Å²) in [6.45, 7) is 13.6. The lowest BCUT2D eigenvalue weighted by Crippen LogP contribution is -2.27. The highest BCUT2D eigenvalue weighted by atomic mass is 14.3. The van der Waals surface area contributed by atoms with Crippen LogP contribution < -0.4 is 0 Å². The van der Waals surface area contributed by atoms with Crippen LogP contribution in [-0.2, 0) is 0 Å². The average molecular weight is 170 g/mol. The molecular weight excluding hydrogens is 144 g/mol. The molecule has 0 amide bonds. The van der Waals surface area contributed by atoms with Gasteiger partial charge in [-0.3, -0.25) is 0 Å². The Labute approximate surface area is 78.8 Å². The molecule has 0 N–H and O–H groups in total. The molecule has 0 radical (unpaired) electrons. The van der Waals surface area contributed by atoms with Gasteiger partial charge < -0.3 is 0 Å². The first kappa shape index (κ1) is 12.0. The summed E-state index contributed by atoms with van der Waals surface area (Å²) in [7, 11) is 0. The topological polar surface area (TPSA) is 0 Å². The Morgan fingerprint density at radius 3 is 1.17 bits per heavy atom. The van der Waals surface area contributed by atoms with E-state index in [1.54, 1.807) is 0 Å². The Bertz CT molecular complexity index is 92.6. The van der Waals surface area contributed by atoms with Crippen molar-refractivity contribution in [3.05, 3.63) is 0 Å². The third-order valence-electron chi connectivity index (χ3n) is 3.70. The van der Waals surface area contributed by atoms with Crippen molar-refractivity contribution in [2.45, 2.75) is 54.4 Å². The van der Waals surface area contributed by atoms with E-state index < -0.39 is 0 Å². The molecule has 1 aliphatic rings. The van der Waals surface area contributed by atoms with E-state index in [-0.39, 0.29) is 0 Å². The van der Waals surface area contributed by atoms with E-state index in [2.05, 4.69) is 27.7 Å². The minimum Gasteiger partial charge on any atom is -0.0683 e. The minimum absolute atomic E-state index is 0.948. The molecule has 0 aliphatic heterocycles. The van der Waals surface area contributed by atoms with Crippen LogP contribution in [-0.4, -0.2) is 0 Å². The van der Waals surface area contributed by atoms with Crippen molar-refractivity contribution in [3.8, 4) is 0 Å². The van der Waals surface area contributed by atoms with Crippen molar-refractivity contribution in [1.82, 2.24) is 0 Å². The Kier molecular flexibility index (Phi) is 5.61. The van der Waals surface area contributed by atoms with Crippen LogP contribution >= 0.6 is 0 Å². The molecule has 1 saturated carbocycles. The van der Waals surface area contributed by atoms with Crippen molar-refractivity contribution >= 4 is 0 Å². The standard InChI is InChI=1S/C10H20.C2H6/c1-7-5-6-8(2)10(4)9(7)3;1-2/h7-10H,5-6H2,1-4H3;1-2H3. The Balaban J connectivity index is 0.000000561. The first-order valence-corrected chi connectivity index (χ1v) is 5.63. The SMILES string of the molecule is CC.CC1CCC(C)C(C)C1C. The van der Waals surface area contributed by atoms with Gasteiger partial charge in [-0.25, -0.2) is 0 Å².